The Hall–Kier alpha value is -3.07. The van der Waals surface area contributed by atoms with Gasteiger partial charge in [-0.1, -0.05) is 32.1 Å². The van der Waals surface area contributed by atoms with Gasteiger partial charge in [0.15, 0.2) is 5.82 Å². The zero-order valence-corrected chi connectivity index (χ0v) is 25.6. The highest BCUT2D eigenvalue weighted by Gasteiger charge is 2.32. The summed E-state index contributed by atoms with van der Waals surface area (Å²) < 4.78 is 23.2. The molecule has 0 saturated carbocycles. The Morgan fingerprint density at radius 2 is 1.95 bits per heavy atom. The number of halogens is 2. The van der Waals surface area contributed by atoms with Gasteiger partial charge >= 0.3 is 0 Å². The number of carbonyl (C=O) groups is 1. The third kappa shape index (κ3) is 10.5. The number of hydrazine groups is 1. The van der Waals surface area contributed by atoms with Gasteiger partial charge in [-0.15, -0.1) is 6.58 Å². The number of aromatic nitrogens is 2. The van der Waals surface area contributed by atoms with Crippen molar-refractivity contribution in [2.24, 2.45) is 5.92 Å². The van der Waals surface area contributed by atoms with E-state index in [-0.39, 0.29) is 17.6 Å². The predicted molar refractivity (Wildman–Crippen MR) is 158 cm³/mol. The van der Waals surface area contributed by atoms with Gasteiger partial charge < -0.3 is 9.47 Å². The summed E-state index contributed by atoms with van der Waals surface area (Å²) in [6, 6.07) is 9.59. The molecule has 40 heavy (non-hydrogen) atoms. The lowest BCUT2D eigenvalue weighted by Crippen LogP contribution is -2.51. The van der Waals surface area contributed by atoms with Gasteiger partial charge in [-0.3, -0.25) is 20.1 Å². The number of hydrogen-bond acceptors (Lipinski definition) is 8. The molecule has 1 fully saturated rings. The Labute approximate surface area is 245 Å². The van der Waals surface area contributed by atoms with Gasteiger partial charge in [-0.25, -0.2) is 9.37 Å². The number of alkyl halides is 1. The van der Waals surface area contributed by atoms with Crippen molar-refractivity contribution in [3.8, 4) is 11.8 Å². The molecule has 1 aliphatic rings. The Morgan fingerprint density at radius 3 is 2.50 bits per heavy atom. The maximum atomic E-state index is 13.4. The summed E-state index contributed by atoms with van der Waals surface area (Å²) in [4.78, 5) is 24.0. The second-order valence-electron chi connectivity index (χ2n) is 10.3. The van der Waals surface area contributed by atoms with Gasteiger partial charge in [-0.2, -0.15) is 10.2 Å². The van der Waals surface area contributed by atoms with E-state index in [9.17, 15) is 14.4 Å². The molecule has 218 valence electrons. The molecular formula is C29H40BrFN6O3. The van der Waals surface area contributed by atoms with Gasteiger partial charge in [-0.05, 0) is 60.3 Å². The Bertz CT molecular complexity index is 1130. The van der Waals surface area contributed by atoms with E-state index in [0.29, 0.717) is 23.4 Å². The summed E-state index contributed by atoms with van der Waals surface area (Å²) in [6.07, 6.45) is 1.92. The van der Waals surface area contributed by atoms with Crippen LogP contribution in [-0.2, 0) is 14.9 Å². The third-order valence-corrected chi connectivity index (χ3v) is 6.67. The van der Waals surface area contributed by atoms with Crippen molar-refractivity contribution < 1.29 is 18.7 Å². The molecule has 1 N–H and O–H groups in total. The summed E-state index contributed by atoms with van der Waals surface area (Å²) in [5, 5.41) is 10.9. The quantitative estimate of drug-likeness (QED) is 0.282. The molecule has 0 bridgehead atoms. The molecule has 1 aliphatic heterocycles. The molecule has 1 aromatic carbocycles. The Balaban J connectivity index is 0.00000103. The fraction of sp³-hybridized carbons (Fsp3) is 0.517. The highest BCUT2D eigenvalue weighted by atomic mass is 79.9. The van der Waals surface area contributed by atoms with Gasteiger partial charge in [0, 0.05) is 32.4 Å². The lowest BCUT2D eigenvalue weighted by Gasteiger charge is -2.32. The Morgan fingerprint density at radius 1 is 1.32 bits per heavy atom. The van der Waals surface area contributed by atoms with E-state index in [1.807, 2.05) is 58.0 Å². The van der Waals surface area contributed by atoms with Crippen molar-refractivity contribution in [3.63, 3.8) is 0 Å². The number of morpholine rings is 1. The number of allylic oxidation sites excluding steroid dienone is 1. The minimum Gasteiger partial charge on any atom is -0.492 e. The molecule has 1 aromatic heterocycles. The number of amides is 1. The maximum absolute atomic E-state index is 13.4. The van der Waals surface area contributed by atoms with Crippen LogP contribution >= 0.6 is 15.9 Å². The zero-order chi connectivity index (χ0) is 29.7. The third-order valence-electron chi connectivity index (χ3n) is 6.11. The molecule has 2 aromatic rings. The number of nitrogens with one attached hydrogen (secondary N) is 1. The van der Waals surface area contributed by atoms with E-state index in [0.717, 1.165) is 44.2 Å². The molecule has 0 spiro atoms. The second-order valence-corrected chi connectivity index (χ2v) is 11.1. The van der Waals surface area contributed by atoms with Crippen LogP contribution in [0.1, 0.15) is 46.0 Å². The number of rotatable bonds is 11. The number of hydrogen-bond donors (Lipinski definition) is 1. The van der Waals surface area contributed by atoms with Crippen LogP contribution in [0.25, 0.3) is 0 Å². The molecule has 9 nitrogen and oxygen atoms in total. The van der Waals surface area contributed by atoms with Crippen LogP contribution in [0, 0.1) is 17.2 Å². The molecule has 1 amide bonds. The van der Waals surface area contributed by atoms with E-state index < -0.39 is 11.6 Å². The number of carbonyl (C=O) groups excluding carboxylic acids is 1. The summed E-state index contributed by atoms with van der Waals surface area (Å²) in [5.41, 5.74) is 3.04. The second kappa shape index (κ2) is 16.3. The molecule has 1 atom stereocenters. The van der Waals surface area contributed by atoms with Crippen molar-refractivity contribution in [1.82, 2.24) is 20.3 Å². The van der Waals surface area contributed by atoms with Crippen molar-refractivity contribution in [2.75, 3.05) is 51.0 Å². The van der Waals surface area contributed by atoms with Gasteiger partial charge in [0.2, 0.25) is 11.7 Å². The first kappa shape index (κ1) is 33.1. The molecule has 1 unspecified atom stereocenters. The SMILES string of the molecule is C=CC(C)F.CC(C)CN(NC(=O)C(C)(C)c1ccc(OCCN2CCOCC2)cc1)c1nc(C#N)ncc1Br. The topological polar surface area (TPSA) is 104 Å². The van der Waals surface area contributed by atoms with E-state index in [1.54, 1.807) is 5.01 Å². The molecule has 3 rings (SSSR count). The predicted octanol–water partition coefficient (Wildman–Crippen LogP) is 4.82. The summed E-state index contributed by atoms with van der Waals surface area (Å²) in [5.74, 6) is 1.30. The van der Waals surface area contributed by atoms with Crippen LogP contribution < -0.4 is 15.2 Å². The molecule has 0 aliphatic carbocycles. The van der Waals surface area contributed by atoms with Crippen LogP contribution in [-0.4, -0.2) is 72.9 Å². The highest BCUT2D eigenvalue weighted by molar-refractivity contribution is 9.10. The first-order valence-corrected chi connectivity index (χ1v) is 14.1. The highest BCUT2D eigenvalue weighted by Crippen LogP contribution is 2.28. The normalized spacial score (nSPS) is 14.4. The summed E-state index contributed by atoms with van der Waals surface area (Å²) in [6.45, 7) is 17.8. The smallest absolute Gasteiger partial charge is 0.248 e. The van der Waals surface area contributed by atoms with Crippen molar-refractivity contribution in [1.29, 1.82) is 5.26 Å². The zero-order valence-electron chi connectivity index (χ0n) is 24.0. The number of anilines is 1. The largest absolute Gasteiger partial charge is 0.492 e. The van der Waals surface area contributed by atoms with Crippen molar-refractivity contribution >= 4 is 27.7 Å². The van der Waals surface area contributed by atoms with Gasteiger partial charge in [0.05, 0.1) is 23.1 Å². The van der Waals surface area contributed by atoms with E-state index in [4.69, 9.17) is 9.47 Å². The van der Waals surface area contributed by atoms with Crippen LogP contribution in [0.15, 0.2) is 47.6 Å². The lowest BCUT2D eigenvalue weighted by atomic mass is 9.84. The molecule has 0 radical (unpaired) electrons. The fourth-order valence-corrected chi connectivity index (χ4v) is 4.04. The molecule has 1 saturated heterocycles. The average molecular weight is 620 g/mol. The van der Waals surface area contributed by atoms with Crippen LogP contribution in [0.3, 0.4) is 0 Å². The molecule has 11 heteroatoms. The minimum absolute atomic E-state index is 0.0367. The van der Waals surface area contributed by atoms with Crippen LogP contribution in [0.5, 0.6) is 5.75 Å². The average Bonchev–Trinajstić information content (AvgIpc) is 2.94. The van der Waals surface area contributed by atoms with Crippen molar-refractivity contribution in [2.45, 2.75) is 46.2 Å². The number of ether oxygens (including phenoxy) is 2. The first-order valence-electron chi connectivity index (χ1n) is 13.3. The van der Waals surface area contributed by atoms with E-state index in [1.165, 1.54) is 19.2 Å². The van der Waals surface area contributed by atoms with Gasteiger partial charge in [0.25, 0.3) is 0 Å². The molecule has 2 heterocycles. The van der Waals surface area contributed by atoms with Crippen molar-refractivity contribution in [3.05, 3.63) is 59.0 Å². The van der Waals surface area contributed by atoms with E-state index in [2.05, 4.69) is 42.8 Å². The van der Waals surface area contributed by atoms with Gasteiger partial charge in [0.1, 0.15) is 24.6 Å². The lowest BCUT2D eigenvalue weighted by molar-refractivity contribution is -0.125. The number of nitrogens with zero attached hydrogens (tertiary/aromatic N) is 5. The standard InChI is InChI=1S/C25H33BrN6O3.C4H7F/c1-18(2)17-32(23-21(26)16-28-22(15-27)29-23)30-24(33)25(3,4)19-5-7-20(8-6-19)35-14-11-31-9-12-34-13-10-31;1-3-4(2)5/h5-8,16,18H,9-14,17H2,1-4H3,(H,30,33);3-4H,1H2,2H3. The minimum atomic E-state index is -0.852. The van der Waals surface area contributed by atoms with Crippen LogP contribution in [0.2, 0.25) is 0 Å². The van der Waals surface area contributed by atoms with Crippen LogP contribution in [0.4, 0.5) is 10.2 Å². The first-order chi connectivity index (χ1) is 19.0. The monoisotopic (exact) mass is 618 g/mol. The fourth-order valence-electron chi connectivity index (χ4n) is 3.63. The number of benzene rings is 1. The maximum Gasteiger partial charge on any atom is 0.248 e. The molecular weight excluding hydrogens is 579 g/mol. The summed E-state index contributed by atoms with van der Waals surface area (Å²) >= 11 is 3.44. The van der Waals surface area contributed by atoms with E-state index >= 15 is 0 Å². The summed E-state index contributed by atoms with van der Waals surface area (Å²) in [7, 11) is 0. The Kier molecular flexibility index (Phi) is 13.5. The number of nitriles is 1.